The molecule has 2 aromatic rings. The Bertz CT molecular complexity index is 689. The van der Waals surface area contributed by atoms with Crippen molar-refractivity contribution in [3.63, 3.8) is 0 Å². The van der Waals surface area contributed by atoms with Gasteiger partial charge in [-0.2, -0.15) is 0 Å². The lowest BCUT2D eigenvalue weighted by Crippen LogP contribution is -2.48. The maximum atomic E-state index is 5.32. The number of nitrogens with one attached hydrogen (secondary N) is 2. The van der Waals surface area contributed by atoms with Crippen molar-refractivity contribution in [3.05, 3.63) is 47.9 Å². The first-order valence-electron chi connectivity index (χ1n) is 9.57. The predicted octanol–water partition coefficient (Wildman–Crippen LogP) is 2.96. The summed E-state index contributed by atoms with van der Waals surface area (Å²) in [5.41, 5.74) is 2.28. The summed E-state index contributed by atoms with van der Waals surface area (Å²) < 4.78 is 5.32. The molecule has 0 atom stereocenters. The number of hydrogen-bond acceptors (Lipinski definition) is 4. The van der Waals surface area contributed by atoms with Crippen molar-refractivity contribution in [1.29, 1.82) is 0 Å². The Morgan fingerprint density at radius 1 is 1.23 bits per heavy atom. The van der Waals surface area contributed by atoms with Gasteiger partial charge in [0.15, 0.2) is 11.7 Å². The Morgan fingerprint density at radius 3 is 2.65 bits per heavy atom. The predicted molar refractivity (Wildman–Crippen MR) is 106 cm³/mol. The van der Waals surface area contributed by atoms with Crippen LogP contribution in [0.15, 0.2) is 45.9 Å². The van der Waals surface area contributed by atoms with Crippen LogP contribution in [0.1, 0.15) is 38.1 Å². The van der Waals surface area contributed by atoms with Gasteiger partial charge in [-0.15, -0.1) is 0 Å². The Morgan fingerprint density at radius 2 is 2.00 bits per heavy atom. The highest BCUT2D eigenvalue weighted by molar-refractivity contribution is 5.80. The number of benzene rings is 1. The van der Waals surface area contributed by atoms with Crippen molar-refractivity contribution in [2.75, 3.05) is 24.5 Å². The van der Waals surface area contributed by atoms with Crippen LogP contribution in [0.4, 0.5) is 5.69 Å². The molecule has 1 fully saturated rings. The second-order valence-electron chi connectivity index (χ2n) is 6.57. The second kappa shape index (κ2) is 9.27. The molecule has 0 saturated carbocycles. The van der Waals surface area contributed by atoms with E-state index in [-0.39, 0.29) is 0 Å². The van der Waals surface area contributed by atoms with Crippen molar-refractivity contribution in [3.8, 4) is 0 Å². The van der Waals surface area contributed by atoms with Crippen LogP contribution in [0.25, 0.3) is 0 Å². The number of aryl methyl sites for hydroxylation is 1. The highest BCUT2D eigenvalue weighted by Gasteiger charge is 2.20. The summed E-state index contributed by atoms with van der Waals surface area (Å²) in [5.74, 6) is 1.65. The van der Waals surface area contributed by atoms with Gasteiger partial charge in [-0.25, -0.2) is 4.99 Å². The van der Waals surface area contributed by atoms with E-state index >= 15 is 0 Å². The lowest BCUT2D eigenvalue weighted by molar-refractivity contribution is 0.379. The number of piperidine rings is 1. The van der Waals surface area contributed by atoms with Crippen molar-refractivity contribution < 1.29 is 4.52 Å². The van der Waals surface area contributed by atoms with Gasteiger partial charge >= 0.3 is 0 Å². The number of anilines is 1. The van der Waals surface area contributed by atoms with Crippen LogP contribution < -0.4 is 15.5 Å². The number of rotatable bonds is 6. The molecule has 140 valence electrons. The quantitative estimate of drug-likeness (QED) is 0.616. The van der Waals surface area contributed by atoms with Gasteiger partial charge in [0.1, 0.15) is 6.54 Å². The number of guanidine groups is 1. The minimum absolute atomic E-state index is 0.439. The molecule has 0 spiro atoms. The molecular formula is C20H29N5O. The maximum absolute atomic E-state index is 5.32. The summed E-state index contributed by atoms with van der Waals surface area (Å²) >= 11 is 0. The Kier molecular flexibility index (Phi) is 6.52. The molecular weight excluding hydrogens is 326 g/mol. The third-order valence-electron chi connectivity index (χ3n) is 4.66. The van der Waals surface area contributed by atoms with E-state index in [1.807, 2.05) is 6.07 Å². The molecule has 0 bridgehead atoms. The van der Waals surface area contributed by atoms with Gasteiger partial charge in [0.2, 0.25) is 0 Å². The van der Waals surface area contributed by atoms with Crippen LogP contribution in [0.5, 0.6) is 0 Å². The molecule has 2 N–H and O–H groups in total. The Balaban J connectivity index is 1.52. The summed E-state index contributed by atoms with van der Waals surface area (Å²) in [6.45, 7) is 7.61. The van der Waals surface area contributed by atoms with Crippen LogP contribution in [-0.2, 0) is 13.0 Å². The zero-order valence-corrected chi connectivity index (χ0v) is 15.7. The molecule has 3 rings (SSSR count). The highest BCUT2D eigenvalue weighted by atomic mass is 16.5. The van der Waals surface area contributed by atoms with Crippen molar-refractivity contribution >= 4 is 11.6 Å². The molecule has 6 nitrogen and oxygen atoms in total. The van der Waals surface area contributed by atoms with Gasteiger partial charge in [0.05, 0.1) is 5.69 Å². The minimum Gasteiger partial charge on any atom is -0.371 e. The average molecular weight is 355 g/mol. The molecule has 6 heteroatoms. The van der Waals surface area contributed by atoms with Gasteiger partial charge in [-0.3, -0.25) is 0 Å². The summed E-state index contributed by atoms with van der Waals surface area (Å²) in [6.07, 6.45) is 3.08. The van der Waals surface area contributed by atoms with Crippen LogP contribution in [0.3, 0.4) is 0 Å². The largest absolute Gasteiger partial charge is 0.371 e. The van der Waals surface area contributed by atoms with E-state index in [0.29, 0.717) is 12.6 Å². The highest BCUT2D eigenvalue weighted by Crippen LogP contribution is 2.19. The lowest BCUT2D eigenvalue weighted by Gasteiger charge is -2.34. The van der Waals surface area contributed by atoms with E-state index in [1.54, 1.807) is 0 Å². The Labute approximate surface area is 155 Å². The van der Waals surface area contributed by atoms with E-state index in [9.17, 15) is 0 Å². The van der Waals surface area contributed by atoms with E-state index in [4.69, 9.17) is 4.52 Å². The van der Waals surface area contributed by atoms with Crippen molar-refractivity contribution in [2.45, 2.75) is 45.7 Å². The van der Waals surface area contributed by atoms with E-state index in [0.717, 1.165) is 56.3 Å². The van der Waals surface area contributed by atoms with Gasteiger partial charge in [-0.1, -0.05) is 30.3 Å². The van der Waals surface area contributed by atoms with Crippen molar-refractivity contribution in [1.82, 2.24) is 15.8 Å². The first-order chi connectivity index (χ1) is 12.8. The monoisotopic (exact) mass is 355 g/mol. The van der Waals surface area contributed by atoms with Gasteiger partial charge in [0.25, 0.3) is 0 Å². The topological polar surface area (TPSA) is 65.7 Å². The van der Waals surface area contributed by atoms with Crippen LogP contribution in [0.2, 0.25) is 0 Å². The molecule has 26 heavy (non-hydrogen) atoms. The van der Waals surface area contributed by atoms with Crippen LogP contribution in [-0.4, -0.2) is 36.8 Å². The normalized spacial score (nSPS) is 15.9. The maximum Gasteiger partial charge on any atom is 0.191 e. The first-order valence-corrected chi connectivity index (χ1v) is 9.57. The van der Waals surface area contributed by atoms with Crippen LogP contribution in [0, 0.1) is 0 Å². The standard InChI is InChI=1S/C20H29N5O/c1-3-16-14-19(26-24-16)15-22-20(21-4-2)23-17-10-12-25(13-11-17)18-8-6-5-7-9-18/h5-9,14,17H,3-4,10-13,15H2,1-2H3,(H2,21,22,23). The molecule has 2 heterocycles. The average Bonchev–Trinajstić information content (AvgIpc) is 3.16. The number of para-hydroxylation sites is 1. The zero-order chi connectivity index (χ0) is 18.2. The van der Waals surface area contributed by atoms with Gasteiger partial charge < -0.3 is 20.1 Å². The molecule has 1 aliphatic rings. The number of nitrogens with zero attached hydrogens (tertiary/aromatic N) is 3. The van der Waals surface area contributed by atoms with Crippen molar-refractivity contribution in [2.24, 2.45) is 4.99 Å². The molecule has 0 radical (unpaired) electrons. The lowest BCUT2D eigenvalue weighted by atomic mass is 10.0. The molecule has 0 unspecified atom stereocenters. The molecule has 0 aliphatic carbocycles. The minimum atomic E-state index is 0.439. The zero-order valence-electron chi connectivity index (χ0n) is 15.7. The first kappa shape index (κ1) is 18.3. The van der Waals surface area contributed by atoms with E-state index in [1.165, 1.54) is 5.69 Å². The summed E-state index contributed by atoms with van der Waals surface area (Å²) in [5, 5.41) is 10.9. The molecule has 0 amide bonds. The van der Waals surface area contributed by atoms with Gasteiger partial charge in [0, 0.05) is 37.4 Å². The number of aliphatic imine (C=N–C) groups is 1. The summed E-state index contributed by atoms with van der Waals surface area (Å²) in [4.78, 5) is 7.10. The van der Waals surface area contributed by atoms with E-state index < -0.39 is 0 Å². The molecule has 1 saturated heterocycles. The second-order valence-corrected chi connectivity index (χ2v) is 6.57. The van der Waals surface area contributed by atoms with Crippen LogP contribution >= 0.6 is 0 Å². The number of hydrogen-bond donors (Lipinski definition) is 2. The molecule has 1 aromatic heterocycles. The SMILES string of the molecule is CCNC(=NCc1cc(CC)no1)NC1CCN(c2ccccc2)CC1. The fourth-order valence-electron chi connectivity index (χ4n) is 3.19. The summed E-state index contributed by atoms with van der Waals surface area (Å²) in [6, 6.07) is 13.0. The summed E-state index contributed by atoms with van der Waals surface area (Å²) in [7, 11) is 0. The number of aromatic nitrogens is 1. The fraction of sp³-hybridized carbons (Fsp3) is 0.500. The van der Waals surface area contributed by atoms with E-state index in [2.05, 4.69) is 69.9 Å². The molecule has 1 aliphatic heterocycles. The van der Waals surface area contributed by atoms with Gasteiger partial charge in [-0.05, 0) is 38.3 Å². The molecule has 1 aromatic carbocycles. The third-order valence-corrected chi connectivity index (χ3v) is 4.66. The Hall–Kier alpha value is -2.50. The smallest absolute Gasteiger partial charge is 0.191 e. The third kappa shape index (κ3) is 5.00. The fourth-order valence-corrected chi connectivity index (χ4v) is 3.19.